The van der Waals surface area contributed by atoms with Crippen LogP contribution >= 0.6 is 0 Å². The van der Waals surface area contributed by atoms with Gasteiger partial charge in [-0.3, -0.25) is 0 Å². The Morgan fingerprint density at radius 1 is 1.06 bits per heavy atom. The molecule has 0 aliphatic heterocycles. The minimum atomic E-state index is -0.194. The van der Waals surface area contributed by atoms with Gasteiger partial charge in [-0.2, -0.15) is 0 Å². The van der Waals surface area contributed by atoms with E-state index in [2.05, 4.69) is 12.2 Å². The highest BCUT2D eigenvalue weighted by Gasteiger charge is 2.15. The molecule has 1 aromatic carbocycles. The van der Waals surface area contributed by atoms with Gasteiger partial charge in [-0.25, -0.2) is 4.79 Å². The number of ether oxygens (including phenoxy) is 1. The molecule has 0 bridgehead atoms. The first kappa shape index (κ1) is 11.9. The van der Waals surface area contributed by atoms with E-state index in [0.717, 1.165) is 32.1 Å². The normalized spacial score (nSPS) is 22.2. The van der Waals surface area contributed by atoms with Crippen molar-refractivity contribution in [2.24, 2.45) is 0 Å². The van der Waals surface area contributed by atoms with Gasteiger partial charge in [-0.15, -0.1) is 0 Å². The van der Waals surface area contributed by atoms with Crippen molar-refractivity contribution in [3.05, 3.63) is 48.0 Å². The third kappa shape index (κ3) is 3.74. The van der Waals surface area contributed by atoms with Gasteiger partial charge in [0, 0.05) is 0 Å². The predicted octanol–water partition coefficient (Wildman–Crippen LogP) is 3.73. The number of esters is 1. The van der Waals surface area contributed by atoms with E-state index in [0.29, 0.717) is 5.56 Å². The van der Waals surface area contributed by atoms with Crippen LogP contribution in [0.2, 0.25) is 0 Å². The molecule has 1 unspecified atom stereocenters. The lowest BCUT2D eigenvalue weighted by Crippen LogP contribution is -2.18. The fourth-order valence-corrected chi connectivity index (χ4v) is 2.04. The number of rotatable bonds is 2. The van der Waals surface area contributed by atoms with Gasteiger partial charge in [0.05, 0.1) is 5.56 Å². The first-order chi connectivity index (χ1) is 8.36. The van der Waals surface area contributed by atoms with Crippen LogP contribution in [0.15, 0.2) is 42.5 Å². The Hall–Kier alpha value is -1.57. The Labute approximate surface area is 102 Å². The quantitative estimate of drug-likeness (QED) is 0.571. The van der Waals surface area contributed by atoms with Crippen molar-refractivity contribution in [3.8, 4) is 0 Å². The van der Waals surface area contributed by atoms with Gasteiger partial charge >= 0.3 is 5.97 Å². The smallest absolute Gasteiger partial charge is 0.338 e. The lowest BCUT2D eigenvalue weighted by Gasteiger charge is -2.18. The van der Waals surface area contributed by atoms with Crippen molar-refractivity contribution in [2.75, 3.05) is 0 Å². The van der Waals surface area contributed by atoms with E-state index >= 15 is 0 Å². The highest BCUT2D eigenvalue weighted by atomic mass is 16.5. The van der Waals surface area contributed by atoms with Crippen LogP contribution in [0.1, 0.15) is 42.5 Å². The van der Waals surface area contributed by atoms with E-state index in [4.69, 9.17) is 4.74 Å². The SMILES string of the molecule is O=C(OC1CC/C=C\CCC1)c1ccccc1. The topological polar surface area (TPSA) is 26.3 Å². The summed E-state index contributed by atoms with van der Waals surface area (Å²) in [7, 11) is 0. The summed E-state index contributed by atoms with van der Waals surface area (Å²) in [6, 6.07) is 9.21. The Morgan fingerprint density at radius 3 is 2.65 bits per heavy atom. The van der Waals surface area contributed by atoms with Crippen LogP contribution < -0.4 is 0 Å². The minimum absolute atomic E-state index is 0.0765. The van der Waals surface area contributed by atoms with Crippen molar-refractivity contribution in [3.63, 3.8) is 0 Å². The zero-order valence-electron chi connectivity index (χ0n) is 9.97. The highest BCUT2D eigenvalue weighted by molar-refractivity contribution is 5.89. The summed E-state index contributed by atoms with van der Waals surface area (Å²) in [6.45, 7) is 0. The molecule has 1 atom stereocenters. The number of allylic oxidation sites excluding steroid dienone is 2. The zero-order chi connectivity index (χ0) is 11.9. The molecule has 17 heavy (non-hydrogen) atoms. The zero-order valence-corrected chi connectivity index (χ0v) is 9.97. The van der Waals surface area contributed by atoms with E-state index in [1.165, 1.54) is 0 Å². The Morgan fingerprint density at radius 2 is 1.82 bits per heavy atom. The largest absolute Gasteiger partial charge is 0.459 e. The predicted molar refractivity (Wildman–Crippen MR) is 67.9 cm³/mol. The molecule has 1 aliphatic carbocycles. The Bertz CT molecular complexity index is 381. The molecule has 2 nitrogen and oxygen atoms in total. The molecule has 2 rings (SSSR count). The summed E-state index contributed by atoms with van der Waals surface area (Å²) < 4.78 is 5.54. The van der Waals surface area contributed by atoms with Crippen molar-refractivity contribution in [1.29, 1.82) is 0 Å². The van der Waals surface area contributed by atoms with Gasteiger partial charge in [0.25, 0.3) is 0 Å². The second kappa shape index (κ2) is 6.24. The highest BCUT2D eigenvalue weighted by Crippen LogP contribution is 2.17. The van der Waals surface area contributed by atoms with Crippen molar-refractivity contribution < 1.29 is 9.53 Å². The minimum Gasteiger partial charge on any atom is -0.459 e. The van der Waals surface area contributed by atoms with Gasteiger partial charge < -0.3 is 4.74 Å². The maximum Gasteiger partial charge on any atom is 0.338 e. The lowest BCUT2D eigenvalue weighted by atomic mass is 10.0. The van der Waals surface area contributed by atoms with Crippen LogP contribution in [0.25, 0.3) is 0 Å². The molecule has 0 amide bonds. The lowest BCUT2D eigenvalue weighted by molar-refractivity contribution is 0.0257. The summed E-state index contributed by atoms with van der Waals surface area (Å²) in [5.41, 5.74) is 0.644. The summed E-state index contributed by atoms with van der Waals surface area (Å²) >= 11 is 0. The first-order valence-electron chi connectivity index (χ1n) is 6.27. The average Bonchev–Trinajstić information content (AvgIpc) is 2.33. The van der Waals surface area contributed by atoms with E-state index in [1.807, 2.05) is 18.2 Å². The number of hydrogen-bond acceptors (Lipinski definition) is 2. The first-order valence-corrected chi connectivity index (χ1v) is 6.27. The molecule has 90 valence electrons. The number of hydrogen-bond donors (Lipinski definition) is 0. The van der Waals surface area contributed by atoms with Crippen LogP contribution in [0.3, 0.4) is 0 Å². The van der Waals surface area contributed by atoms with E-state index < -0.39 is 0 Å². The molecule has 2 heteroatoms. The summed E-state index contributed by atoms with van der Waals surface area (Å²) in [5.74, 6) is -0.194. The molecule has 0 aromatic heterocycles. The van der Waals surface area contributed by atoms with Gasteiger partial charge in [0.2, 0.25) is 0 Å². The average molecular weight is 230 g/mol. The van der Waals surface area contributed by atoms with Crippen LogP contribution in [0, 0.1) is 0 Å². The van der Waals surface area contributed by atoms with Crippen molar-refractivity contribution in [1.82, 2.24) is 0 Å². The molecule has 0 spiro atoms. The van der Waals surface area contributed by atoms with Crippen LogP contribution in [-0.2, 0) is 4.74 Å². The van der Waals surface area contributed by atoms with Crippen LogP contribution in [0.5, 0.6) is 0 Å². The third-order valence-electron chi connectivity index (χ3n) is 3.00. The van der Waals surface area contributed by atoms with Gasteiger partial charge in [0.1, 0.15) is 6.10 Å². The molecule has 0 radical (unpaired) electrons. The van der Waals surface area contributed by atoms with Crippen molar-refractivity contribution >= 4 is 5.97 Å². The summed E-state index contributed by atoms with van der Waals surface area (Å²) in [6.07, 6.45) is 9.60. The van der Waals surface area contributed by atoms with Crippen molar-refractivity contribution in [2.45, 2.75) is 38.2 Å². The maximum absolute atomic E-state index is 11.9. The Balaban J connectivity index is 1.91. The number of carbonyl (C=O) groups is 1. The van der Waals surface area contributed by atoms with Gasteiger partial charge in [0.15, 0.2) is 0 Å². The molecule has 0 saturated carbocycles. The Kier molecular flexibility index (Phi) is 4.37. The molecule has 0 heterocycles. The number of carbonyl (C=O) groups excluding carboxylic acids is 1. The van der Waals surface area contributed by atoms with E-state index in [9.17, 15) is 4.79 Å². The molecular weight excluding hydrogens is 212 g/mol. The second-order valence-electron chi connectivity index (χ2n) is 4.37. The molecule has 0 fully saturated rings. The molecule has 1 aromatic rings. The van der Waals surface area contributed by atoms with Crippen LogP contribution in [0.4, 0.5) is 0 Å². The fourth-order valence-electron chi connectivity index (χ4n) is 2.04. The molecule has 0 N–H and O–H groups in total. The molecule has 0 saturated heterocycles. The molecule has 1 aliphatic rings. The standard InChI is InChI=1S/C15H18O2/c16-15(13-9-5-4-6-10-13)17-14-11-7-2-1-3-8-12-14/h1-2,4-6,9-10,14H,3,7-8,11-12H2/b2-1-. The van der Waals surface area contributed by atoms with Crippen LogP contribution in [-0.4, -0.2) is 12.1 Å². The monoisotopic (exact) mass is 230 g/mol. The van der Waals surface area contributed by atoms with Gasteiger partial charge in [-0.05, 0) is 44.2 Å². The third-order valence-corrected chi connectivity index (χ3v) is 3.00. The van der Waals surface area contributed by atoms with E-state index in [1.54, 1.807) is 12.1 Å². The summed E-state index contributed by atoms with van der Waals surface area (Å²) in [4.78, 5) is 11.9. The van der Waals surface area contributed by atoms with Gasteiger partial charge in [-0.1, -0.05) is 30.4 Å². The number of benzene rings is 1. The second-order valence-corrected chi connectivity index (χ2v) is 4.37. The fraction of sp³-hybridized carbons (Fsp3) is 0.400. The maximum atomic E-state index is 11.9. The summed E-state index contributed by atoms with van der Waals surface area (Å²) in [5, 5.41) is 0. The van der Waals surface area contributed by atoms with E-state index in [-0.39, 0.29) is 12.1 Å². The molecular formula is C15H18O2.